The number of nitrogens with one attached hydrogen (secondary N) is 1. The van der Waals surface area contributed by atoms with Gasteiger partial charge in [0.2, 0.25) is 5.91 Å². The largest absolute Gasteiger partial charge is 0.326 e. The Morgan fingerprint density at radius 1 is 1.04 bits per heavy atom. The molecule has 0 bridgehead atoms. The molecule has 0 aliphatic heterocycles. The molecule has 2 aromatic carbocycles. The van der Waals surface area contributed by atoms with Gasteiger partial charge in [-0.25, -0.2) is 8.42 Å². The van der Waals surface area contributed by atoms with Crippen LogP contribution in [-0.4, -0.2) is 21.4 Å². The molecule has 3 rings (SSSR count). The third-order valence-electron chi connectivity index (χ3n) is 4.87. The summed E-state index contributed by atoms with van der Waals surface area (Å²) in [6.45, 7) is 0. The SMILES string of the molecule is CN(c1ccccc1)S(=O)(=O)c1ccc(NC(=O)CC2CCCC2)cc1. The van der Waals surface area contributed by atoms with Gasteiger partial charge in [-0.15, -0.1) is 0 Å². The van der Waals surface area contributed by atoms with Gasteiger partial charge in [0, 0.05) is 19.2 Å². The molecule has 0 atom stereocenters. The van der Waals surface area contributed by atoms with Crippen LogP contribution in [0, 0.1) is 5.92 Å². The van der Waals surface area contributed by atoms with Gasteiger partial charge in [-0.05, 0) is 55.2 Å². The van der Waals surface area contributed by atoms with Crippen LogP contribution < -0.4 is 9.62 Å². The number of carbonyl (C=O) groups excluding carboxylic acids is 1. The van der Waals surface area contributed by atoms with Gasteiger partial charge in [-0.1, -0.05) is 31.0 Å². The van der Waals surface area contributed by atoms with Crippen molar-refractivity contribution in [2.45, 2.75) is 37.0 Å². The van der Waals surface area contributed by atoms with Crippen LogP contribution in [0.1, 0.15) is 32.1 Å². The summed E-state index contributed by atoms with van der Waals surface area (Å²) in [5.41, 5.74) is 1.22. The van der Waals surface area contributed by atoms with Crippen LogP contribution in [0.15, 0.2) is 59.5 Å². The Kier molecular flexibility index (Phi) is 5.61. The third-order valence-corrected chi connectivity index (χ3v) is 6.66. The Morgan fingerprint density at radius 2 is 1.65 bits per heavy atom. The van der Waals surface area contributed by atoms with E-state index in [9.17, 15) is 13.2 Å². The third kappa shape index (κ3) is 4.25. The van der Waals surface area contributed by atoms with E-state index in [0.717, 1.165) is 12.8 Å². The Bertz CT molecular complexity index is 842. The predicted molar refractivity (Wildman–Crippen MR) is 104 cm³/mol. The molecule has 26 heavy (non-hydrogen) atoms. The van der Waals surface area contributed by atoms with E-state index < -0.39 is 10.0 Å². The first-order valence-corrected chi connectivity index (χ1v) is 10.3. The minimum Gasteiger partial charge on any atom is -0.326 e. The Labute approximate surface area is 155 Å². The monoisotopic (exact) mass is 372 g/mol. The van der Waals surface area contributed by atoms with Crippen LogP contribution in [-0.2, 0) is 14.8 Å². The summed E-state index contributed by atoms with van der Waals surface area (Å²) in [6.07, 6.45) is 5.20. The molecule has 0 unspecified atom stereocenters. The summed E-state index contributed by atoms with van der Waals surface area (Å²) in [4.78, 5) is 12.3. The maximum absolute atomic E-state index is 12.7. The number of para-hydroxylation sites is 1. The molecule has 1 saturated carbocycles. The minimum atomic E-state index is -3.64. The van der Waals surface area contributed by atoms with Crippen LogP contribution >= 0.6 is 0 Å². The zero-order valence-electron chi connectivity index (χ0n) is 14.9. The van der Waals surface area contributed by atoms with E-state index in [1.807, 2.05) is 6.07 Å². The van der Waals surface area contributed by atoms with Gasteiger partial charge in [-0.3, -0.25) is 9.10 Å². The molecule has 1 aliphatic carbocycles. The average Bonchev–Trinajstić information content (AvgIpc) is 3.15. The fourth-order valence-corrected chi connectivity index (χ4v) is 4.53. The van der Waals surface area contributed by atoms with Gasteiger partial charge in [0.15, 0.2) is 0 Å². The number of amides is 1. The van der Waals surface area contributed by atoms with E-state index >= 15 is 0 Å². The van der Waals surface area contributed by atoms with E-state index in [4.69, 9.17) is 0 Å². The number of rotatable bonds is 6. The van der Waals surface area contributed by atoms with Crippen molar-refractivity contribution < 1.29 is 13.2 Å². The lowest BCUT2D eigenvalue weighted by atomic mass is 10.0. The van der Waals surface area contributed by atoms with Crippen molar-refractivity contribution in [2.24, 2.45) is 5.92 Å². The maximum Gasteiger partial charge on any atom is 0.264 e. The second-order valence-electron chi connectivity index (χ2n) is 6.74. The Balaban J connectivity index is 1.67. The maximum atomic E-state index is 12.7. The highest BCUT2D eigenvalue weighted by Crippen LogP contribution is 2.28. The smallest absolute Gasteiger partial charge is 0.264 e. The van der Waals surface area contributed by atoms with E-state index in [2.05, 4.69) is 5.32 Å². The molecular formula is C20H24N2O3S. The summed E-state index contributed by atoms with van der Waals surface area (Å²) >= 11 is 0. The van der Waals surface area contributed by atoms with Gasteiger partial charge >= 0.3 is 0 Å². The van der Waals surface area contributed by atoms with E-state index in [1.54, 1.807) is 36.4 Å². The van der Waals surface area contributed by atoms with Crippen LogP contribution in [0.2, 0.25) is 0 Å². The van der Waals surface area contributed by atoms with Gasteiger partial charge in [-0.2, -0.15) is 0 Å². The molecule has 6 heteroatoms. The molecule has 0 spiro atoms. The fraction of sp³-hybridized carbons (Fsp3) is 0.350. The van der Waals surface area contributed by atoms with Crippen molar-refractivity contribution in [3.63, 3.8) is 0 Å². The number of hydrogen-bond donors (Lipinski definition) is 1. The predicted octanol–water partition coefficient (Wildman–Crippen LogP) is 4.03. The molecule has 0 saturated heterocycles. The molecule has 2 aromatic rings. The first-order chi connectivity index (χ1) is 12.5. The lowest BCUT2D eigenvalue weighted by molar-refractivity contribution is -0.117. The van der Waals surface area contributed by atoms with E-state index in [0.29, 0.717) is 23.7 Å². The summed E-state index contributed by atoms with van der Waals surface area (Å²) in [5.74, 6) is 0.475. The van der Waals surface area contributed by atoms with Crippen LogP contribution in [0.5, 0.6) is 0 Å². The molecule has 0 heterocycles. The van der Waals surface area contributed by atoms with Crippen molar-refractivity contribution in [3.8, 4) is 0 Å². The van der Waals surface area contributed by atoms with Crippen LogP contribution in [0.3, 0.4) is 0 Å². The van der Waals surface area contributed by atoms with Gasteiger partial charge in [0.25, 0.3) is 10.0 Å². The first kappa shape index (κ1) is 18.5. The number of sulfonamides is 1. The molecule has 1 fully saturated rings. The normalized spacial score (nSPS) is 15.0. The number of anilines is 2. The lowest BCUT2D eigenvalue weighted by Gasteiger charge is -2.19. The van der Waals surface area contributed by atoms with Gasteiger partial charge in [0.05, 0.1) is 10.6 Å². The first-order valence-electron chi connectivity index (χ1n) is 8.91. The van der Waals surface area contributed by atoms with Gasteiger partial charge < -0.3 is 5.32 Å². The Hall–Kier alpha value is -2.34. The highest BCUT2D eigenvalue weighted by molar-refractivity contribution is 7.92. The number of carbonyl (C=O) groups is 1. The van der Waals surface area contributed by atoms with Crippen LogP contribution in [0.4, 0.5) is 11.4 Å². The average molecular weight is 372 g/mol. The number of benzene rings is 2. The fourth-order valence-electron chi connectivity index (χ4n) is 3.33. The van der Waals surface area contributed by atoms with Crippen molar-refractivity contribution in [1.29, 1.82) is 0 Å². The summed E-state index contributed by atoms with van der Waals surface area (Å²) < 4.78 is 26.7. The van der Waals surface area contributed by atoms with Crippen molar-refractivity contribution in [3.05, 3.63) is 54.6 Å². The summed E-state index contributed by atoms with van der Waals surface area (Å²) in [7, 11) is -2.11. The highest BCUT2D eigenvalue weighted by atomic mass is 32.2. The molecule has 1 amide bonds. The zero-order valence-corrected chi connectivity index (χ0v) is 15.7. The molecule has 5 nitrogen and oxygen atoms in total. The highest BCUT2D eigenvalue weighted by Gasteiger charge is 2.21. The molecule has 1 N–H and O–H groups in total. The van der Waals surface area contributed by atoms with E-state index in [-0.39, 0.29) is 10.8 Å². The van der Waals surface area contributed by atoms with Crippen LogP contribution in [0.25, 0.3) is 0 Å². The molecule has 1 aliphatic rings. The molecule has 0 aromatic heterocycles. The lowest BCUT2D eigenvalue weighted by Crippen LogP contribution is -2.26. The summed E-state index contributed by atoms with van der Waals surface area (Å²) in [5, 5.41) is 2.86. The quantitative estimate of drug-likeness (QED) is 0.832. The second kappa shape index (κ2) is 7.91. The number of nitrogens with zero attached hydrogens (tertiary/aromatic N) is 1. The summed E-state index contributed by atoms with van der Waals surface area (Å²) in [6, 6.07) is 15.3. The topological polar surface area (TPSA) is 66.5 Å². The second-order valence-corrected chi connectivity index (χ2v) is 8.70. The Morgan fingerprint density at radius 3 is 2.27 bits per heavy atom. The van der Waals surface area contributed by atoms with Gasteiger partial charge in [0.1, 0.15) is 0 Å². The van der Waals surface area contributed by atoms with Crippen molar-refractivity contribution >= 4 is 27.3 Å². The molecule has 0 radical (unpaired) electrons. The standard InChI is InChI=1S/C20H24N2O3S/c1-22(18-9-3-2-4-10-18)26(24,25)19-13-11-17(12-14-19)21-20(23)15-16-7-5-6-8-16/h2-4,9-14,16H,5-8,15H2,1H3,(H,21,23). The number of hydrogen-bond acceptors (Lipinski definition) is 3. The minimum absolute atomic E-state index is 0.00564. The van der Waals surface area contributed by atoms with Crippen molar-refractivity contribution in [2.75, 3.05) is 16.7 Å². The zero-order chi connectivity index (χ0) is 18.6. The molecule has 138 valence electrons. The van der Waals surface area contributed by atoms with E-state index in [1.165, 1.54) is 36.3 Å². The van der Waals surface area contributed by atoms with Crippen molar-refractivity contribution in [1.82, 2.24) is 0 Å². The molecular weight excluding hydrogens is 348 g/mol.